The average Bonchev–Trinajstić information content (AvgIpc) is 2.26. The number of rotatable bonds is 4. The monoisotopic (exact) mass is 296 g/mol. The number of alkyl halides is 1. The third-order valence-electron chi connectivity index (χ3n) is 1.96. The zero-order valence-corrected chi connectivity index (χ0v) is 10.2. The van der Waals surface area contributed by atoms with Crippen LogP contribution in [-0.2, 0) is 4.43 Å². The lowest BCUT2D eigenvalue weighted by atomic mass is 10.0. The third kappa shape index (κ3) is 2.84. The molecule has 0 aliphatic heterocycles. The second kappa shape index (κ2) is 5.81. The van der Waals surface area contributed by atoms with Gasteiger partial charge in [-0.25, -0.2) is 0 Å². The summed E-state index contributed by atoms with van der Waals surface area (Å²) < 4.78 is 1.05. The van der Waals surface area contributed by atoms with E-state index in [0.29, 0.717) is 0 Å². The van der Waals surface area contributed by atoms with Crippen molar-refractivity contribution in [1.82, 2.24) is 0 Å². The van der Waals surface area contributed by atoms with Crippen LogP contribution in [0.3, 0.4) is 0 Å². The summed E-state index contributed by atoms with van der Waals surface area (Å²) in [5.41, 5.74) is 3.64. The van der Waals surface area contributed by atoms with Crippen molar-refractivity contribution in [1.29, 1.82) is 0 Å². The van der Waals surface area contributed by atoms with Gasteiger partial charge in [-0.1, -0.05) is 78.2 Å². The second-order valence-corrected chi connectivity index (χ2v) is 3.66. The second-order valence-electron chi connectivity index (χ2n) is 2.89. The summed E-state index contributed by atoms with van der Waals surface area (Å²) in [6.45, 7) is 7.46. The summed E-state index contributed by atoms with van der Waals surface area (Å²) in [4.78, 5) is 0. The Bertz CT molecular complexity index is 344. The lowest BCUT2D eigenvalue weighted by molar-refractivity contribution is 1.44. The fourth-order valence-corrected chi connectivity index (χ4v) is 1.70. The topological polar surface area (TPSA) is 0 Å². The standard InChI is InChI=1S/C13H13I/c1-3-5-12(4-2)13-8-6-11(10-14)7-9-13/h3-9H,1-2,10H2/b12-5+. The molecule has 1 rings (SSSR count). The van der Waals surface area contributed by atoms with Crippen molar-refractivity contribution in [2.45, 2.75) is 4.43 Å². The van der Waals surface area contributed by atoms with E-state index in [4.69, 9.17) is 0 Å². The van der Waals surface area contributed by atoms with Gasteiger partial charge in [0, 0.05) is 4.43 Å². The predicted molar refractivity (Wildman–Crippen MR) is 72.5 cm³/mol. The first-order valence-electron chi connectivity index (χ1n) is 4.42. The van der Waals surface area contributed by atoms with Crippen LogP contribution in [0.2, 0.25) is 0 Å². The molecule has 0 heterocycles. The van der Waals surface area contributed by atoms with E-state index in [1.165, 1.54) is 11.1 Å². The molecule has 14 heavy (non-hydrogen) atoms. The average molecular weight is 296 g/mol. The van der Waals surface area contributed by atoms with Gasteiger partial charge in [-0.05, 0) is 16.7 Å². The van der Waals surface area contributed by atoms with Gasteiger partial charge in [0.05, 0.1) is 0 Å². The molecular weight excluding hydrogens is 283 g/mol. The van der Waals surface area contributed by atoms with Crippen molar-refractivity contribution < 1.29 is 0 Å². The Morgan fingerprint density at radius 2 is 1.86 bits per heavy atom. The molecular formula is C13H13I. The van der Waals surface area contributed by atoms with Crippen molar-refractivity contribution in [3.8, 4) is 0 Å². The zero-order chi connectivity index (χ0) is 10.4. The maximum absolute atomic E-state index is 3.78. The fraction of sp³-hybridized carbons (Fsp3) is 0.0769. The van der Waals surface area contributed by atoms with Gasteiger partial charge in [0.2, 0.25) is 0 Å². The van der Waals surface area contributed by atoms with Crippen LogP contribution in [-0.4, -0.2) is 0 Å². The predicted octanol–water partition coefficient (Wildman–Crippen LogP) is 4.38. The summed E-state index contributed by atoms with van der Waals surface area (Å²) in [6, 6.07) is 8.51. The van der Waals surface area contributed by atoms with Crippen LogP contribution >= 0.6 is 22.6 Å². The Morgan fingerprint density at radius 3 is 2.29 bits per heavy atom. The minimum Gasteiger partial charge on any atom is -0.0990 e. The zero-order valence-electron chi connectivity index (χ0n) is 8.04. The molecule has 0 bridgehead atoms. The van der Waals surface area contributed by atoms with Crippen molar-refractivity contribution in [3.63, 3.8) is 0 Å². The molecule has 0 unspecified atom stereocenters. The first-order valence-corrected chi connectivity index (χ1v) is 5.94. The van der Waals surface area contributed by atoms with Crippen LogP contribution in [0.25, 0.3) is 5.57 Å². The van der Waals surface area contributed by atoms with Crippen LogP contribution in [0.1, 0.15) is 11.1 Å². The highest BCUT2D eigenvalue weighted by Gasteiger charge is 1.96. The molecule has 0 amide bonds. The molecule has 0 aliphatic carbocycles. The molecule has 0 saturated heterocycles. The number of benzene rings is 1. The van der Waals surface area contributed by atoms with E-state index in [2.05, 4.69) is 60.0 Å². The quantitative estimate of drug-likeness (QED) is 0.439. The van der Waals surface area contributed by atoms with Gasteiger partial charge in [0.15, 0.2) is 0 Å². The van der Waals surface area contributed by atoms with Crippen LogP contribution in [0, 0.1) is 0 Å². The van der Waals surface area contributed by atoms with Gasteiger partial charge >= 0.3 is 0 Å². The largest absolute Gasteiger partial charge is 0.0990 e. The normalized spacial score (nSPS) is 11.1. The molecule has 1 heteroatoms. The molecule has 0 N–H and O–H groups in total. The Morgan fingerprint density at radius 1 is 1.21 bits per heavy atom. The molecule has 0 aliphatic rings. The van der Waals surface area contributed by atoms with Crippen LogP contribution in [0.4, 0.5) is 0 Å². The maximum atomic E-state index is 3.78. The number of hydrogen-bond acceptors (Lipinski definition) is 0. The molecule has 0 nitrogen and oxygen atoms in total. The van der Waals surface area contributed by atoms with Crippen molar-refractivity contribution in [3.05, 3.63) is 66.8 Å². The van der Waals surface area contributed by atoms with E-state index >= 15 is 0 Å². The Kier molecular flexibility index (Phi) is 4.66. The van der Waals surface area contributed by atoms with Gasteiger partial charge in [-0.3, -0.25) is 0 Å². The summed E-state index contributed by atoms with van der Waals surface area (Å²) >= 11 is 2.36. The summed E-state index contributed by atoms with van der Waals surface area (Å²) in [6.07, 6.45) is 5.59. The van der Waals surface area contributed by atoms with Gasteiger partial charge in [0.25, 0.3) is 0 Å². The SMILES string of the molecule is C=C/C=C(\C=C)c1ccc(CI)cc1. The number of halogens is 1. The fourth-order valence-electron chi connectivity index (χ4n) is 1.20. The van der Waals surface area contributed by atoms with E-state index in [1.54, 1.807) is 6.08 Å². The number of allylic oxidation sites excluding steroid dienone is 4. The minimum atomic E-state index is 1.05. The first-order chi connectivity index (χ1) is 6.81. The highest BCUT2D eigenvalue weighted by molar-refractivity contribution is 14.1. The molecule has 0 radical (unpaired) electrons. The Labute approximate surface area is 99.2 Å². The number of hydrogen-bond donors (Lipinski definition) is 0. The van der Waals surface area contributed by atoms with E-state index in [-0.39, 0.29) is 0 Å². The van der Waals surface area contributed by atoms with Gasteiger partial charge in [-0.2, -0.15) is 0 Å². The van der Waals surface area contributed by atoms with Crippen LogP contribution < -0.4 is 0 Å². The molecule has 0 atom stereocenters. The summed E-state index contributed by atoms with van der Waals surface area (Å²) in [5.74, 6) is 0. The highest BCUT2D eigenvalue weighted by Crippen LogP contribution is 2.17. The third-order valence-corrected chi connectivity index (χ3v) is 2.84. The van der Waals surface area contributed by atoms with Gasteiger partial charge < -0.3 is 0 Å². The van der Waals surface area contributed by atoms with E-state index in [0.717, 1.165) is 10.0 Å². The highest BCUT2D eigenvalue weighted by atomic mass is 127. The van der Waals surface area contributed by atoms with E-state index in [1.807, 2.05) is 12.2 Å². The minimum absolute atomic E-state index is 1.05. The van der Waals surface area contributed by atoms with Crippen molar-refractivity contribution in [2.75, 3.05) is 0 Å². The Hall–Kier alpha value is -0.830. The summed E-state index contributed by atoms with van der Waals surface area (Å²) in [7, 11) is 0. The Balaban J connectivity index is 3.00. The van der Waals surface area contributed by atoms with E-state index < -0.39 is 0 Å². The first kappa shape index (κ1) is 11.2. The molecule has 0 aromatic heterocycles. The van der Waals surface area contributed by atoms with Crippen molar-refractivity contribution >= 4 is 28.2 Å². The van der Waals surface area contributed by atoms with Gasteiger partial charge in [-0.15, -0.1) is 0 Å². The summed E-state index contributed by atoms with van der Waals surface area (Å²) in [5, 5.41) is 0. The lowest BCUT2D eigenvalue weighted by Gasteiger charge is -2.02. The maximum Gasteiger partial charge on any atom is 0.0247 e. The molecule has 0 saturated carbocycles. The molecule has 1 aromatic carbocycles. The van der Waals surface area contributed by atoms with Crippen LogP contribution in [0.5, 0.6) is 0 Å². The molecule has 0 spiro atoms. The van der Waals surface area contributed by atoms with Crippen molar-refractivity contribution in [2.24, 2.45) is 0 Å². The molecule has 0 fully saturated rings. The van der Waals surface area contributed by atoms with Crippen LogP contribution in [0.15, 0.2) is 55.7 Å². The molecule has 1 aromatic rings. The smallest absolute Gasteiger partial charge is 0.0247 e. The van der Waals surface area contributed by atoms with E-state index in [9.17, 15) is 0 Å². The lowest BCUT2D eigenvalue weighted by Crippen LogP contribution is -1.82. The van der Waals surface area contributed by atoms with Gasteiger partial charge in [0.1, 0.15) is 0 Å². The molecule has 72 valence electrons.